The van der Waals surface area contributed by atoms with Gasteiger partial charge in [0.2, 0.25) is 11.7 Å². The Hall–Kier alpha value is -2.61. The fraction of sp³-hybridized carbons (Fsp3) is 0.545. The largest absolute Gasteiger partial charge is 0.466 e. The van der Waals surface area contributed by atoms with Crippen molar-refractivity contribution in [1.82, 2.24) is 15.0 Å². The highest BCUT2D eigenvalue weighted by Gasteiger charge is 2.34. The molecule has 4 rings (SSSR count). The third-order valence-corrected chi connectivity index (χ3v) is 6.24. The molecule has 166 valence electrons. The molecule has 9 heteroatoms. The van der Waals surface area contributed by atoms with Crippen LogP contribution < -0.4 is 4.90 Å². The first-order chi connectivity index (χ1) is 15.0. The van der Waals surface area contributed by atoms with E-state index < -0.39 is 0 Å². The molecular formula is C22H27ClN4O4. The molecule has 1 atom stereocenters. The van der Waals surface area contributed by atoms with Crippen molar-refractivity contribution < 1.29 is 18.8 Å². The molecule has 0 unspecified atom stereocenters. The first kappa shape index (κ1) is 21.6. The number of anilines is 1. The fourth-order valence-electron chi connectivity index (χ4n) is 4.27. The van der Waals surface area contributed by atoms with E-state index in [-0.39, 0.29) is 23.7 Å². The zero-order valence-electron chi connectivity index (χ0n) is 17.6. The van der Waals surface area contributed by atoms with Gasteiger partial charge < -0.3 is 19.1 Å². The van der Waals surface area contributed by atoms with Crippen molar-refractivity contribution in [3.05, 3.63) is 29.3 Å². The van der Waals surface area contributed by atoms with Crippen LogP contribution in [0.25, 0.3) is 11.4 Å². The number of hydrogen-bond acceptors (Lipinski definition) is 7. The van der Waals surface area contributed by atoms with E-state index in [1.165, 1.54) is 0 Å². The van der Waals surface area contributed by atoms with Crippen LogP contribution in [0.5, 0.6) is 0 Å². The highest BCUT2D eigenvalue weighted by Crippen LogP contribution is 2.28. The SMILES string of the molecule is CCOC(=O)[C@@H]1CCCN(C(=O)C2CCN(c3nc(-c4ccc(Cl)cc4)no3)CC2)C1. The fourth-order valence-corrected chi connectivity index (χ4v) is 4.39. The summed E-state index contributed by atoms with van der Waals surface area (Å²) in [6, 6.07) is 7.75. The molecule has 1 aromatic carbocycles. The second kappa shape index (κ2) is 9.68. The topological polar surface area (TPSA) is 88.8 Å². The van der Waals surface area contributed by atoms with Crippen molar-refractivity contribution >= 4 is 29.5 Å². The number of carbonyl (C=O) groups excluding carboxylic acids is 2. The molecule has 31 heavy (non-hydrogen) atoms. The molecule has 8 nitrogen and oxygen atoms in total. The van der Waals surface area contributed by atoms with E-state index in [2.05, 4.69) is 10.1 Å². The minimum absolute atomic E-state index is 0.0455. The summed E-state index contributed by atoms with van der Waals surface area (Å²) in [6.07, 6.45) is 3.06. The average Bonchev–Trinajstić information content (AvgIpc) is 3.30. The number of ether oxygens (including phenoxy) is 1. The predicted molar refractivity (Wildman–Crippen MR) is 116 cm³/mol. The molecular weight excluding hydrogens is 420 g/mol. The van der Waals surface area contributed by atoms with Gasteiger partial charge in [-0.2, -0.15) is 4.98 Å². The van der Waals surface area contributed by atoms with E-state index in [1.54, 1.807) is 19.1 Å². The van der Waals surface area contributed by atoms with Crippen LogP contribution in [0.1, 0.15) is 32.6 Å². The summed E-state index contributed by atoms with van der Waals surface area (Å²) < 4.78 is 10.6. The summed E-state index contributed by atoms with van der Waals surface area (Å²) in [5.41, 5.74) is 0.839. The number of likely N-dealkylation sites (tertiary alicyclic amines) is 1. The maximum Gasteiger partial charge on any atom is 0.324 e. The number of amides is 1. The molecule has 0 N–H and O–H groups in total. The van der Waals surface area contributed by atoms with Crippen LogP contribution in [-0.4, -0.2) is 59.7 Å². The van der Waals surface area contributed by atoms with E-state index >= 15 is 0 Å². The summed E-state index contributed by atoms with van der Waals surface area (Å²) in [6.45, 7) is 4.70. The summed E-state index contributed by atoms with van der Waals surface area (Å²) in [7, 11) is 0. The lowest BCUT2D eigenvalue weighted by Gasteiger charge is -2.36. The van der Waals surface area contributed by atoms with Crippen molar-refractivity contribution in [3.63, 3.8) is 0 Å². The monoisotopic (exact) mass is 446 g/mol. The summed E-state index contributed by atoms with van der Waals surface area (Å²) >= 11 is 5.93. The second-order valence-electron chi connectivity index (χ2n) is 8.04. The second-order valence-corrected chi connectivity index (χ2v) is 8.48. The van der Waals surface area contributed by atoms with Crippen LogP contribution in [0.2, 0.25) is 5.02 Å². The molecule has 1 aromatic heterocycles. The number of nitrogens with zero attached hydrogens (tertiary/aromatic N) is 4. The molecule has 0 saturated carbocycles. The summed E-state index contributed by atoms with van der Waals surface area (Å²) in [4.78, 5) is 33.5. The lowest BCUT2D eigenvalue weighted by molar-refractivity contribution is -0.152. The van der Waals surface area contributed by atoms with Gasteiger partial charge in [0, 0.05) is 42.7 Å². The lowest BCUT2D eigenvalue weighted by atomic mass is 9.92. The van der Waals surface area contributed by atoms with Gasteiger partial charge in [-0.3, -0.25) is 9.59 Å². The Morgan fingerprint density at radius 2 is 1.87 bits per heavy atom. The number of hydrogen-bond donors (Lipinski definition) is 0. The Bertz CT molecular complexity index is 908. The Morgan fingerprint density at radius 3 is 2.58 bits per heavy atom. The van der Waals surface area contributed by atoms with E-state index in [0.717, 1.165) is 31.2 Å². The molecule has 1 amide bonds. The molecule has 0 bridgehead atoms. The van der Waals surface area contributed by atoms with Crippen LogP contribution >= 0.6 is 11.6 Å². The number of aromatic nitrogens is 2. The molecule has 0 spiro atoms. The molecule has 0 radical (unpaired) electrons. The number of rotatable bonds is 5. The maximum absolute atomic E-state index is 13.0. The number of piperidine rings is 2. The zero-order valence-corrected chi connectivity index (χ0v) is 18.4. The minimum atomic E-state index is -0.206. The van der Waals surface area contributed by atoms with Crippen molar-refractivity contribution in [2.45, 2.75) is 32.6 Å². The van der Waals surface area contributed by atoms with Crippen LogP contribution in [0, 0.1) is 11.8 Å². The Balaban J connectivity index is 1.32. The van der Waals surface area contributed by atoms with E-state index in [4.69, 9.17) is 20.9 Å². The maximum atomic E-state index is 13.0. The van der Waals surface area contributed by atoms with Crippen molar-refractivity contribution in [2.24, 2.45) is 11.8 Å². The first-order valence-corrected chi connectivity index (χ1v) is 11.2. The number of halogens is 1. The molecule has 2 aliphatic heterocycles. The van der Waals surface area contributed by atoms with Gasteiger partial charge in [0.1, 0.15) is 0 Å². The van der Waals surface area contributed by atoms with Crippen LogP contribution in [0.3, 0.4) is 0 Å². The lowest BCUT2D eigenvalue weighted by Crippen LogP contribution is -2.47. The first-order valence-electron chi connectivity index (χ1n) is 10.8. The van der Waals surface area contributed by atoms with E-state index in [0.29, 0.717) is 49.6 Å². The molecule has 2 fully saturated rings. The van der Waals surface area contributed by atoms with Crippen molar-refractivity contribution in [2.75, 3.05) is 37.7 Å². The highest BCUT2D eigenvalue weighted by atomic mass is 35.5. The third-order valence-electron chi connectivity index (χ3n) is 5.99. The average molecular weight is 447 g/mol. The van der Waals surface area contributed by atoms with Gasteiger partial charge in [-0.15, -0.1) is 0 Å². The quantitative estimate of drug-likeness (QED) is 0.650. The number of benzene rings is 1. The number of carbonyl (C=O) groups is 2. The van der Waals surface area contributed by atoms with Gasteiger partial charge in [-0.25, -0.2) is 0 Å². The van der Waals surface area contributed by atoms with Crippen molar-refractivity contribution in [1.29, 1.82) is 0 Å². The molecule has 2 aliphatic rings. The van der Waals surface area contributed by atoms with Crippen molar-refractivity contribution in [3.8, 4) is 11.4 Å². The standard InChI is InChI=1S/C22H27ClN4O4/c1-2-30-21(29)17-4-3-11-27(14-17)20(28)16-9-12-26(13-10-16)22-24-19(25-31-22)15-5-7-18(23)8-6-15/h5-8,16-17H,2-4,9-14H2,1H3/t17-/m1/s1. The Labute approximate surface area is 186 Å². The van der Waals surface area contributed by atoms with Gasteiger partial charge in [-0.05, 0) is 56.9 Å². The molecule has 2 aromatic rings. The Morgan fingerprint density at radius 1 is 1.13 bits per heavy atom. The highest BCUT2D eigenvalue weighted by molar-refractivity contribution is 6.30. The smallest absolute Gasteiger partial charge is 0.324 e. The van der Waals surface area contributed by atoms with Crippen LogP contribution in [0.15, 0.2) is 28.8 Å². The van der Waals surface area contributed by atoms with Gasteiger partial charge in [0.15, 0.2) is 0 Å². The van der Waals surface area contributed by atoms with Crippen LogP contribution in [-0.2, 0) is 14.3 Å². The van der Waals surface area contributed by atoms with Gasteiger partial charge in [0.05, 0.1) is 12.5 Å². The summed E-state index contributed by atoms with van der Waals surface area (Å²) in [5, 5.41) is 4.72. The Kier molecular flexibility index (Phi) is 6.75. The van der Waals surface area contributed by atoms with E-state index in [1.807, 2.05) is 21.9 Å². The van der Waals surface area contributed by atoms with E-state index in [9.17, 15) is 9.59 Å². The minimum Gasteiger partial charge on any atom is -0.466 e. The molecule has 2 saturated heterocycles. The zero-order chi connectivity index (χ0) is 21.8. The van der Waals surface area contributed by atoms with Crippen LogP contribution in [0.4, 0.5) is 6.01 Å². The molecule has 3 heterocycles. The predicted octanol–water partition coefficient (Wildman–Crippen LogP) is 3.41. The summed E-state index contributed by atoms with van der Waals surface area (Å²) in [5.74, 6) is 0.213. The van der Waals surface area contributed by atoms with Gasteiger partial charge >= 0.3 is 12.0 Å². The third kappa shape index (κ3) is 5.01. The van der Waals surface area contributed by atoms with Gasteiger partial charge in [-0.1, -0.05) is 16.8 Å². The number of esters is 1. The van der Waals surface area contributed by atoms with Gasteiger partial charge in [0.25, 0.3) is 0 Å². The normalized spacial score (nSPS) is 20.0. The molecule has 0 aliphatic carbocycles.